The van der Waals surface area contributed by atoms with E-state index in [0.717, 1.165) is 18.2 Å². The van der Waals surface area contributed by atoms with Crippen molar-refractivity contribution in [2.45, 2.75) is 31.7 Å². The number of rotatable bonds is 3. The van der Waals surface area contributed by atoms with E-state index in [-0.39, 0.29) is 0 Å². The fraction of sp³-hybridized carbons (Fsp3) is 0.625. The van der Waals surface area contributed by atoms with E-state index in [0.29, 0.717) is 6.04 Å². The second kappa shape index (κ2) is 5.51. The van der Waals surface area contributed by atoms with Crippen LogP contribution in [0.2, 0.25) is 0 Å². The number of nitrogen functional groups attached to an aromatic ring is 1. The predicted octanol–water partition coefficient (Wildman–Crippen LogP) is 2.61. The maximum absolute atomic E-state index is 5.88. The lowest BCUT2D eigenvalue weighted by atomic mass is 9.95. The summed E-state index contributed by atoms with van der Waals surface area (Å²) in [7, 11) is 1.81. The van der Waals surface area contributed by atoms with E-state index >= 15 is 0 Å². The van der Waals surface area contributed by atoms with Crippen LogP contribution in [0.25, 0.3) is 0 Å². The zero-order valence-electron chi connectivity index (χ0n) is 11.8. The summed E-state index contributed by atoms with van der Waals surface area (Å²) in [6, 6.07) is 7.07. The zero-order valence-corrected chi connectivity index (χ0v) is 11.8. The van der Waals surface area contributed by atoms with Gasteiger partial charge in [0.2, 0.25) is 0 Å². The minimum Gasteiger partial charge on any atom is -0.399 e. The molecule has 1 saturated heterocycles. The van der Waals surface area contributed by atoms with Crippen LogP contribution in [0.3, 0.4) is 0 Å². The normalized spacial score (nSPS) is 24.6. The van der Waals surface area contributed by atoms with Gasteiger partial charge in [-0.25, -0.2) is 0 Å². The number of anilines is 1. The van der Waals surface area contributed by atoms with Gasteiger partial charge in [0.15, 0.2) is 0 Å². The minimum absolute atomic E-state index is 0.624. The predicted molar refractivity (Wildman–Crippen MR) is 78.1 cm³/mol. The zero-order chi connectivity index (χ0) is 13.2. The molecule has 1 aromatic rings. The fourth-order valence-electron chi connectivity index (χ4n) is 3.66. The number of aryl methyl sites for hydroxylation is 1. The van der Waals surface area contributed by atoms with Crippen molar-refractivity contribution >= 4 is 5.69 Å². The second-order valence-corrected chi connectivity index (χ2v) is 5.95. The van der Waals surface area contributed by atoms with Gasteiger partial charge in [0, 0.05) is 25.4 Å². The first-order chi connectivity index (χ1) is 9.28. The molecule has 104 valence electrons. The number of ether oxygens (including phenoxy) is 1. The highest BCUT2D eigenvalue weighted by molar-refractivity contribution is 5.47. The summed E-state index contributed by atoms with van der Waals surface area (Å²) in [6.45, 7) is 3.34. The summed E-state index contributed by atoms with van der Waals surface area (Å²) in [6.07, 6.45) is 4.99. The highest BCUT2D eigenvalue weighted by atomic mass is 16.5. The molecule has 3 rings (SSSR count). The molecule has 1 aliphatic heterocycles. The molecule has 3 nitrogen and oxygen atoms in total. The van der Waals surface area contributed by atoms with Gasteiger partial charge >= 0.3 is 0 Å². The van der Waals surface area contributed by atoms with Gasteiger partial charge in [-0.2, -0.15) is 0 Å². The Morgan fingerprint density at radius 3 is 2.79 bits per heavy atom. The van der Waals surface area contributed by atoms with E-state index in [1.807, 2.05) is 7.11 Å². The Hall–Kier alpha value is -1.06. The molecule has 0 saturated carbocycles. The molecule has 19 heavy (non-hydrogen) atoms. The molecule has 1 unspecified atom stereocenters. The summed E-state index contributed by atoms with van der Waals surface area (Å²) in [5.41, 5.74) is 9.76. The quantitative estimate of drug-likeness (QED) is 0.849. The highest BCUT2D eigenvalue weighted by Crippen LogP contribution is 2.38. The molecule has 2 aliphatic rings. The lowest BCUT2D eigenvalue weighted by Gasteiger charge is -2.36. The lowest BCUT2D eigenvalue weighted by Crippen LogP contribution is -2.37. The molecule has 1 fully saturated rings. The fourth-order valence-corrected chi connectivity index (χ4v) is 3.66. The number of hydrogen-bond donors (Lipinski definition) is 1. The first-order valence-corrected chi connectivity index (χ1v) is 7.39. The third-order valence-corrected chi connectivity index (χ3v) is 4.71. The van der Waals surface area contributed by atoms with Crippen molar-refractivity contribution in [1.82, 2.24) is 4.90 Å². The van der Waals surface area contributed by atoms with Gasteiger partial charge in [0.25, 0.3) is 0 Å². The van der Waals surface area contributed by atoms with Gasteiger partial charge in [-0.05, 0) is 68.0 Å². The van der Waals surface area contributed by atoms with E-state index in [2.05, 4.69) is 23.1 Å². The third kappa shape index (κ3) is 2.63. The Labute approximate surface area is 115 Å². The van der Waals surface area contributed by atoms with Crippen molar-refractivity contribution in [3.05, 3.63) is 29.3 Å². The number of likely N-dealkylation sites (tertiary alicyclic amines) is 1. The molecule has 0 amide bonds. The van der Waals surface area contributed by atoms with E-state index in [1.165, 1.54) is 49.9 Å². The van der Waals surface area contributed by atoms with Gasteiger partial charge in [0.1, 0.15) is 0 Å². The molecule has 1 heterocycles. The summed E-state index contributed by atoms with van der Waals surface area (Å²) in [5.74, 6) is 0.758. The van der Waals surface area contributed by atoms with Crippen LogP contribution in [0.4, 0.5) is 5.69 Å². The van der Waals surface area contributed by atoms with Crippen LogP contribution < -0.4 is 5.73 Å². The molecule has 1 atom stereocenters. The maximum atomic E-state index is 5.88. The molecular formula is C16H24N2O. The molecule has 2 N–H and O–H groups in total. The molecular weight excluding hydrogens is 236 g/mol. The monoisotopic (exact) mass is 260 g/mol. The topological polar surface area (TPSA) is 38.5 Å². The number of benzene rings is 1. The first-order valence-electron chi connectivity index (χ1n) is 7.39. The average Bonchev–Trinajstić information content (AvgIpc) is 2.83. The highest BCUT2D eigenvalue weighted by Gasteiger charge is 2.30. The van der Waals surface area contributed by atoms with Gasteiger partial charge in [0.05, 0.1) is 0 Å². The Balaban J connectivity index is 1.66. The standard InChI is InChI=1S/C16H24N2O/c1-19-11-12-6-8-18(9-7-12)16-5-2-13-10-14(17)3-4-15(13)16/h3-4,10,12,16H,2,5-9,11,17H2,1H3. The first kappa shape index (κ1) is 12.9. The molecule has 0 aromatic heterocycles. The van der Waals surface area contributed by atoms with Crippen LogP contribution in [0.5, 0.6) is 0 Å². The van der Waals surface area contributed by atoms with E-state index in [1.54, 1.807) is 0 Å². The number of piperidine rings is 1. The van der Waals surface area contributed by atoms with E-state index < -0.39 is 0 Å². The average molecular weight is 260 g/mol. The van der Waals surface area contributed by atoms with Gasteiger partial charge in [-0.3, -0.25) is 4.90 Å². The van der Waals surface area contributed by atoms with E-state index in [9.17, 15) is 0 Å². The largest absolute Gasteiger partial charge is 0.399 e. The smallest absolute Gasteiger partial charge is 0.0491 e. The lowest BCUT2D eigenvalue weighted by molar-refractivity contribution is 0.0795. The third-order valence-electron chi connectivity index (χ3n) is 4.71. The van der Waals surface area contributed by atoms with Crippen LogP contribution >= 0.6 is 0 Å². The minimum atomic E-state index is 0.624. The van der Waals surface area contributed by atoms with Crippen molar-refractivity contribution in [1.29, 1.82) is 0 Å². The summed E-state index contributed by atoms with van der Waals surface area (Å²) < 4.78 is 5.28. The van der Waals surface area contributed by atoms with Crippen LogP contribution in [0.1, 0.15) is 36.4 Å². The van der Waals surface area contributed by atoms with Crippen molar-refractivity contribution in [2.75, 3.05) is 32.5 Å². The molecule has 0 spiro atoms. The van der Waals surface area contributed by atoms with Crippen LogP contribution in [0, 0.1) is 5.92 Å². The van der Waals surface area contributed by atoms with Crippen molar-refractivity contribution in [3.8, 4) is 0 Å². The Kier molecular flexibility index (Phi) is 3.76. The van der Waals surface area contributed by atoms with Crippen LogP contribution in [-0.2, 0) is 11.2 Å². The molecule has 1 aliphatic carbocycles. The second-order valence-electron chi connectivity index (χ2n) is 5.95. The summed E-state index contributed by atoms with van der Waals surface area (Å²) in [5, 5.41) is 0. The molecule has 0 bridgehead atoms. The van der Waals surface area contributed by atoms with Crippen molar-refractivity contribution in [2.24, 2.45) is 5.92 Å². The number of methoxy groups -OCH3 is 1. The SMILES string of the molecule is COCC1CCN(C2CCc3cc(N)ccc32)CC1. The van der Waals surface area contributed by atoms with Crippen molar-refractivity contribution in [3.63, 3.8) is 0 Å². The van der Waals surface area contributed by atoms with Crippen LogP contribution in [0.15, 0.2) is 18.2 Å². The number of fused-ring (bicyclic) bond motifs is 1. The van der Waals surface area contributed by atoms with Crippen molar-refractivity contribution < 1.29 is 4.74 Å². The van der Waals surface area contributed by atoms with Gasteiger partial charge < -0.3 is 10.5 Å². The summed E-state index contributed by atoms with van der Waals surface area (Å²) >= 11 is 0. The Morgan fingerprint density at radius 1 is 1.26 bits per heavy atom. The Morgan fingerprint density at radius 2 is 2.05 bits per heavy atom. The Bertz CT molecular complexity index is 438. The number of nitrogens with two attached hydrogens (primary N) is 1. The summed E-state index contributed by atoms with van der Waals surface area (Å²) in [4.78, 5) is 2.66. The number of hydrogen-bond acceptors (Lipinski definition) is 3. The molecule has 0 radical (unpaired) electrons. The van der Waals surface area contributed by atoms with Gasteiger partial charge in [-0.15, -0.1) is 0 Å². The molecule has 3 heteroatoms. The maximum Gasteiger partial charge on any atom is 0.0491 e. The van der Waals surface area contributed by atoms with Crippen LogP contribution in [-0.4, -0.2) is 31.7 Å². The molecule has 1 aromatic carbocycles. The van der Waals surface area contributed by atoms with E-state index in [4.69, 9.17) is 10.5 Å². The number of nitrogens with zero attached hydrogens (tertiary/aromatic N) is 1. The van der Waals surface area contributed by atoms with Gasteiger partial charge in [-0.1, -0.05) is 6.07 Å².